The van der Waals surface area contributed by atoms with Gasteiger partial charge in [-0.25, -0.2) is 0 Å². The summed E-state index contributed by atoms with van der Waals surface area (Å²) in [5, 5.41) is 3.38. The smallest absolute Gasteiger partial charge is 0.224 e. The number of rotatable bonds is 3. The van der Waals surface area contributed by atoms with E-state index in [-0.39, 0.29) is 23.1 Å². The number of carbonyl (C=O) groups is 1. The molecule has 0 radical (unpaired) electrons. The standard InChI is InChI=1S/C22H30N2OS.ClH/c1-21(2)15-7-6-14(18(21)11-15)12-24-20(25)16-13-26-22-9-4-3-5-19(22)23-10-8-17(16)22;/h3-5,10,14-18H,6-9,11-13H2,1-2H3,(H,24,25);1H/t14?,15-,16?,17?,18-,22?;/m0./s1. The van der Waals surface area contributed by atoms with E-state index in [4.69, 9.17) is 0 Å². The van der Waals surface area contributed by atoms with Gasteiger partial charge in [0.2, 0.25) is 5.91 Å². The predicted molar refractivity (Wildman–Crippen MR) is 115 cm³/mol. The summed E-state index contributed by atoms with van der Waals surface area (Å²) in [5.74, 6) is 4.18. The first-order valence-corrected chi connectivity index (χ1v) is 11.3. The quantitative estimate of drug-likeness (QED) is 0.742. The molecule has 1 amide bonds. The van der Waals surface area contributed by atoms with E-state index in [0.29, 0.717) is 23.2 Å². The molecular weight excluding hydrogens is 376 g/mol. The molecule has 5 heteroatoms. The first-order valence-electron chi connectivity index (χ1n) is 10.3. The average molecular weight is 407 g/mol. The van der Waals surface area contributed by atoms with Gasteiger partial charge in [-0.2, -0.15) is 0 Å². The molecule has 148 valence electrons. The molecule has 6 aliphatic rings. The maximum Gasteiger partial charge on any atom is 0.224 e. The maximum atomic E-state index is 13.1. The number of nitrogens with zero attached hydrogens (tertiary/aromatic N) is 1. The molecule has 4 unspecified atom stereocenters. The van der Waals surface area contributed by atoms with Crippen molar-refractivity contribution in [2.45, 2.75) is 50.7 Å². The third kappa shape index (κ3) is 2.85. The highest BCUT2D eigenvalue weighted by molar-refractivity contribution is 8.01. The number of carbonyl (C=O) groups excluding carboxylic acids is 1. The second kappa shape index (κ2) is 6.95. The Morgan fingerprint density at radius 2 is 2.19 bits per heavy atom. The fraction of sp³-hybridized carbons (Fsp3) is 0.727. The minimum atomic E-state index is 0. The maximum absolute atomic E-state index is 13.1. The zero-order chi connectivity index (χ0) is 17.9. The topological polar surface area (TPSA) is 41.5 Å². The van der Waals surface area contributed by atoms with Gasteiger partial charge in [-0.05, 0) is 67.3 Å². The molecule has 27 heavy (non-hydrogen) atoms. The number of hydrogen-bond acceptors (Lipinski definition) is 3. The van der Waals surface area contributed by atoms with Crippen molar-refractivity contribution in [3.63, 3.8) is 0 Å². The lowest BCUT2D eigenvalue weighted by atomic mass is 9.45. The molecule has 2 heterocycles. The fourth-order valence-electron chi connectivity index (χ4n) is 6.51. The largest absolute Gasteiger partial charge is 0.356 e. The van der Waals surface area contributed by atoms with Crippen LogP contribution < -0.4 is 5.32 Å². The van der Waals surface area contributed by atoms with Gasteiger partial charge in [-0.1, -0.05) is 26.0 Å². The lowest BCUT2D eigenvalue weighted by Gasteiger charge is -2.60. The summed E-state index contributed by atoms with van der Waals surface area (Å²) in [6, 6.07) is 0. The number of nitrogens with one attached hydrogen (secondary N) is 1. The number of fused-ring (bicyclic) bond motifs is 2. The first-order chi connectivity index (χ1) is 12.5. The van der Waals surface area contributed by atoms with Crippen molar-refractivity contribution in [1.82, 2.24) is 5.32 Å². The number of amides is 1. The summed E-state index contributed by atoms with van der Waals surface area (Å²) in [6.07, 6.45) is 14.6. The number of hydrogen-bond donors (Lipinski definition) is 1. The molecule has 0 aromatic heterocycles. The second-order valence-corrected chi connectivity index (χ2v) is 10.9. The van der Waals surface area contributed by atoms with Gasteiger partial charge in [0, 0.05) is 18.5 Å². The van der Waals surface area contributed by atoms with Crippen LogP contribution in [0.25, 0.3) is 0 Å². The Labute approximate surface area is 173 Å². The molecule has 1 saturated heterocycles. The minimum absolute atomic E-state index is 0. The van der Waals surface area contributed by atoms with Gasteiger partial charge in [-0.15, -0.1) is 24.2 Å². The van der Waals surface area contributed by atoms with Gasteiger partial charge in [0.1, 0.15) is 0 Å². The molecule has 1 spiro atoms. The van der Waals surface area contributed by atoms with E-state index in [0.717, 1.165) is 37.0 Å². The van der Waals surface area contributed by atoms with Crippen molar-refractivity contribution in [3.8, 4) is 0 Å². The van der Waals surface area contributed by atoms with Crippen molar-refractivity contribution in [3.05, 3.63) is 23.9 Å². The van der Waals surface area contributed by atoms with Gasteiger partial charge in [-0.3, -0.25) is 9.79 Å². The lowest BCUT2D eigenvalue weighted by molar-refractivity contribution is -0.129. The SMILES string of the molecule is CC1(C)[C@H]2CCC(CNC(=O)C3CSC45CC=CC=C4N=CCC35)[C@@H]1C2.Cl. The van der Waals surface area contributed by atoms with Gasteiger partial charge in [0.05, 0.1) is 16.4 Å². The molecule has 2 aliphatic heterocycles. The highest BCUT2D eigenvalue weighted by Gasteiger charge is 2.56. The van der Waals surface area contributed by atoms with E-state index in [1.165, 1.54) is 25.0 Å². The Balaban J connectivity index is 0.00000180. The molecule has 2 bridgehead atoms. The Hall–Kier alpha value is -0.740. The minimum Gasteiger partial charge on any atom is -0.356 e. The van der Waals surface area contributed by atoms with E-state index in [1.807, 2.05) is 18.0 Å². The van der Waals surface area contributed by atoms with Gasteiger partial charge in [0.25, 0.3) is 0 Å². The fourth-order valence-corrected chi connectivity index (χ4v) is 8.33. The van der Waals surface area contributed by atoms with Gasteiger partial charge >= 0.3 is 0 Å². The zero-order valence-corrected chi connectivity index (χ0v) is 18.0. The molecule has 0 aromatic carbocycles. The van der Waals surface area contributed by atoms with Crippen LogP contribution >= 0.6 is 24.2 Å². The average Bonchev–Trinajstić information content (AvgIpc) is 3.04. The van der Waals surface area contributed by atoms with Crippen molar-refractivity contribution in [2.75, 3.05) is 12.3 Å². The van der Waals surface area contributed by atoms with Crippen molar-refractivity contribution >= 4 is 36.3 Å². The Kier molecular flexibility index (Phi) is 5.04. The van der Waals surface area contributed by atoms with Crippen molar-refractivity contribution in [2.24, 2.45) is 40.0 Å². The normalized spacial score (nSPS) is 42.9. The van der Waals surface area contributed by atoms with Gasteiger partial charge in [0.15, 0.2) is 0 Å². The van der Waals surface area contributed by atoms with Crippen LogP contribution in [0, 0.1) is 35.0 Å². The van der Waals surface area contributed by atoms with Crippen molar-refractivity contribution < 1.29 is 4.79 Å². The molecule has 3 saturated carbocycles. The van der Waals surface area contributed by atoms with Crippen LogP contribution in [0.5, 0.6) is 0 Å². The highest BCUT2D eigenvalue weighted by atomic mass is 35.5. The van der Waals surface area contributed by atoms with Gasteiger partial charge < -0.3 is 5.32 Å². The molecule has 4 aliphatic carbocycles. The number of thioether (sulfide) groups is 1. The lowest BCUT2D eigenvalue weighted by Crippen LogP contribution is -2.55. The van der Waals surface area contributed by atoms with E-state index in [1.54, 1.807) is 0 Å². The van der Waals surface area contributed by atoms with E-state index in [2.05, 4.69) is 42.4 Å². The first kappa shape index (κ1) is 19.6. The third-order valence-corrected chi connectivity index (χ3v) is 10.0. The highest BCUT2D eigenvalue weighted by Crippen LogP contribution is 2.61. The third-order valence-electron chi connectivity index (χ3n) is 8.32. The van der Waals surface area contributed by atoms with Crippen LogP contribution in [0.1, 0.15) is 46.0 Å². The number of halogens is 1. The Bertz CT molecular complexity index is 713. The van der Waals surface area contributed by atoms with Crippen LogP contribution in [-0.2, 0) is 4.79 Å². The van der Waals surface area contributed by atoms with Crippen LogP contribution in [0.3, 0.4) is 0 Å². The molecule has 1 N–H and O–H groups in total. The molecule has 4 fully saturated rings. The molecular formula is C22H31ClN2OS. The second-order valence-electron chi connectivity index (χ2n) is 9.59. The molecule has 6 atom stereocenters. The monoisotopic (exact) mass is 406 g/mol. The summed E-state index contributed by atoms with van der Waals surface area (Å²) in [5.41, 5.74) is 1.68. The summed E-state index contributed by atoms with van der Waals surface area (Å²) >= 11 is 1.97. The number of aliphatic imine (C=N–C) groups is 1. The predicted octanol–water partition coefficient (Wildman–Crippen LogP) is 4.63. The van der Waals surface area contributed by atoms with Crippen LogP contribution in [0.2, 0.25) is 0 Å². The Morgan fingerprint density at radius 3 is 2.96 bits per heavy atom. The van der Waals surface area contributed by atoms with E-state index < -0.39 is 0 Å². The zero-order valence-electron chi connectivity index (χ0n) is 16.3. The van der Waals surface area contributed by atoms with E-state index in [9.17, 15) is 4.79 Å². The van der Waals surface area contributed by atoms with Crippen LogP contribution in [-0.4, -0.2) is 29.2 Å². The van der Waals surface area contributed by atoms with Crippen molar-refractivity contribution in [1.29, 1.82) is 0 Å². The molecule has 6 rings (SSSR count). The van der Waals surface area contributed by atoms with Crippen LogP contribution in [0.4, 0.5) is 0 Å². The summed E-state index contributed by atoms with van der Waals surface area (Å²) in [6.45, 7) is 5.75. The van der Waals surface area contributed by atoms with Crippen LogP contribution in [0.15, 0.2) is 28.9 Å². The molecule has 3 nitrogen and oxygen atoms in total. The Morgan fingerprint density at radius 1 is 1.33 bits per heavy atom. The molecule has 0 aromatic rings. The summed E-state index contributed by atoms with van der Waals surface area (Å²) < 4.78 is 0.0551. The number of allylic oxidation sites excluding steroid dienone is 3. The van der Waals surface area contributed by atoms with E-state index >= 15 is 0 Å². The summed E-state index contributed by atoms with van der Waals surface area (Å²) in [4.78, 5) is 17.7. The summed E-state index contributed by atoms with van der Waals surface area (Å²) in [7, 11) is 0.